The highest BCUT2D eigenvalue weighted by Crippen LogP contribution is 2.29. The lowest BCUT2D eigenvalue weighted by molar-refractivity contribution is 1.17. The number of hydrogen-bond acceptors (Lipinski definition) is 5. The molecule has 20 heavy (non-hydrogen) atoms. The zero-order valence-electron chi connectivity index (χ0n) is 10.8. The van der Waals surface area contributed by atoms with Crippen molar-refractivity contribution in [3.8, 4) is 0 Å². The maximum atomic E-state index is 5.89. The van der Waals surface area contributed by atoms with Gasteiger partial charge in [-0.1, -0.05) is 17.7 Å². The van der Waals surface area contributed by atoms with Crippen molar-refractivity contribution in [2.24, 2.45) is 0 Å². The van der Waals surface area contributed by atoms with Gasteiger partial charge in [-0.15, -0.1) is 0 Å². The smallest absolute Gasteiger partial charge is 0.158 e. The van der Waals surface area contributed by atoms with Crippen molar-refractivity contribution >= 4 is 39.7 Å². The van der Waals surface area contributed by atoms with Crippen LogP contribution in [0.4, 0.5) is 17.2 Å². The molecule has 0 aliphatic heterocycles. The Bertz CT molecular complexity index is 788. The van der Waals surface area contributed by atoms with Crippen LogP contribution in [0.3, 0.4) is 0 Å². The molecule has 0 amide bonds. The summed E-state index contributed by atoms with van der Waals surface area (Å²) in [6, 6.07) is 9.80. The highest BCUT2D eigenvalue weighted by atomic mass is 35.5. The van der Waals surface area contributed by atoms with Crippen molar-refractivity contribution in [2.45, 2.75) is 6.92 Å². The summed E-state index contributed by atoms with van der Waals surface area (Å²) in [6.07, 6.45) is 1.37. The predicted octanol–water partition coefficient (Wildman–Crippen LogP) is 3.31. The molecule has 0 radical (unpaired) electrons. The van der Waals surface area contributed by atoms with Gasteiger partial charge in [-0.2, -0.15) is 0 Å². The van der Waals surface area contributed by atoms with Gasteiger partial charge in [-0.3, -0.25) is 4.98 Å². The molecule has 0 aliphatic carbocycles. The Kier molecular flexibility index (Phi) is 3.12. The minimum Gasteiger partial charge on any atom is -0.393 e. The Morgan fingerprint density at radius 3 is 2.85 bits per heavy atom. The summed E-state index contributed by atoms with van der Waals surface area (Å²) < 4.78 is 0. The number of nitrogens with two attached hydrogens (primary N) is 1. The lowest BCUT2D eigenvalue weighted by Gasteiger charge is -2.11. The van der Waals surface area contributed by atoms with Crippen molar-refractivity contribution in [1.29, 1.82) is 0 Å². The van der Waals surface area contributed by atoms with Crippen LogP contribution < -0.4 is 11.1 Å². The summed E-state index contributed by atoms with van der Waals surface area (Å²) in [7, 11) is 0. The molecule has 6 heteroatoms. The first-order valence-electron chi connectivity index (χ1n) is 6.04. The molecule has 0 bridgehead atoms. The average molecular weight is 286 g/mol. The van der Waals surface area contributed by atoms with Crippen LogP contribution in [0.2, 0.25) is 5.15 Å². The lowest BCUT2D eigenvalue weighted by atomic mass is 10.1. The zero-order chi connectivity index (χ0) is 14.1. The van der Waals surface area contributed by atoms with E-state index in [1.807, 2.05) is 37.3 Å². The number of nitrogen functional groups attached to an aromatic ring is 1. The van der Waals surface area contributed by atoms with Crippen molar-refractivity contribution < 1.29 is 0 Å². The minimum absolute atomic E-state index is 0.233. The standard InChI is InChI=1S/C14H12ClN5/c1-8-5-6-9-10(19-8)3-2-4-11(9)20-14-12(16)13(15)17-7-18-14/h2-7H,16H2,1H3,(H,17,18,20). The van der Waals surface area contributed by atoms with Crippen LogP contribution in [0, 0.1) is 6.92 Å². The molecule has 0 fully saturated rings. The van der Waals surface area contributed by atoms with Gasteiger partial charge in [0.15, 0.2) is 11.0 Å². The Balaban J connectivity index is 2.09. The second-order valence-electron chi connectivity index (χ2n) is 4.38. The fourth-order valence-corrected chi connectivity index (χ4v) is 2.10. The summed E-state index contributed by atoms with van der Waals surface area (Å²) in [5.74, 6) is 0.484. The molecular formula is C14H12ClN5. The summed E-state index contributed by atoms with van der Waals surface area (Å²) in [5, 5.41) is 4.40. The predicted molar refractivity (Wildman–Crippen MR) is 81.2 cm³/mol. The SMILES string of the molecule is Cc1ccc2c(Nc3ncnc(Cl)c3N)cccc2n1. The van der Waals surface area contributed by atoms with Gasteiger partial charge in [0.25, 0.3) is 0 Å². The number of nitrogens with zero attached hydrogens (tertiary/aromatic N) is 3. The van der Waals surface area contributed by atoms with Crippen molar-refractivity contribution in [3.05, 3.63) is 47.5 Å². The molecule has 0 unspecified atom stereocenters. The molecule has 0 aliphatic rings. The topological polar surface area (TPSA) is 76.7 Å². The first-order valence-corrected chi connectivity index (χ1v) is 6.42. The normalized spacial score (nSPS) is 10.7. The van der Waals surface area contributed by atoms with Crippen LogP contribution in [-0.4, -0.2) is 15.0 Å². The van der Waals surface area contributed by atoms with E-state index in [0.29, 0.717) is 11.5 Å². The molecule has 0 saturated carbocycles. The van der Waals surface area contributed by atoms with E-state index in [0.717, 1.165) is 22.3 Å². The Morgan fingerprint density at radius 1 is 1.15 bits per heavy atom. The number of nitrogens with one attached hydrogen (secondary N) is 1. The Morgan fingerprint density at radius 2 is 2.00 bits per heavy atom. The average Bonchev–Trinajstić information content (AvgIpc) is 2.44. The number of pyridine rings is 1. The monoisotopic (exact) mass is 285 g/mol. The summed E-state index contributed by atoms with van der Waals surface area (Å²) in [6.45, 7) is 1.96. The minimum atomic E-state index is 0.233. The first kappa shape index (κ1) is 12.6. The number of benzene rings is 1. The fraction of sp³-hybridized carbons (Fsp3) is 0.0714. The van der Waals surface area contributed by atoms with Crippen LogP contribution in [0.25, 0.3) is 10.9 Å². The van der Waals surface area contributed by atoms with Gasteiger partial charge in [-0.05, 0) is 31.2 Å². The van der Waals surface area contributed by atoms with Crippen LogP contribution in [0.1, 0.15) is 5.69 Å². The van der Waals surface area contributed by atoms with Gasteiger partial charge >= 0.3 is 0 Å². The summed E-state index contributed by atoms with van der Waals surface area (Å²) in [4.78, 5) is 12.4. The molecule has 2 heterocycles. The molecule has 100 valence electrons. The van der Waals surface area contributed by atoms with Gasteiger partial charge in [0.05, 0.1) is 5.52 Å². The van der Waals surface area contributed by atoms with Crippen LogP contribution >= 0.6 is 11.6 Å². The third-order valence-corrected chi connectivity index (χ3v) is 3.26. The van der Waals surface area contributed by atoms with Crippen molar-refractivity contribution in [3.63, 3.8) is 0 Å². The third kappa shape index (κ3) is 2.23. The maximum Gasteiger partial charge on any atom is 0.158 e. The molecule has 1 aromatic carbocycles. The summed E-state index contributed by atoms with van der Waals surface area (Å²) in [5.41, 5.74) is 8.94. The molecule has 0 spiro atoms. The van der Waals surface area contributed by atoms with Gasteiger partial charge in [-0.25, -0.2) is 9.97 Å². The molecule has 3 aromatic rings. The van der Waals surface area contributed by atoms with Gasteiger partial charge in [0.1, 0.15) is 12.0 Å². The van der Waals surface area contributed by atoms with Crippen LogP contribution in [0.5, 0.6) is 0 Å². The second kappa shape index (κ2) is 4.94. The number of hydrogen-bond donors (Lipinski definition) is 2. The number of aryl methyl sites for hydroxylation is 1. The van der Waals surface area contributed by atoms with E-state index in [-0.39, 0.29) is 5.15 Å². The van der Waals surface area contributed by atoms with E-state index >= 15 is 0 Å². The molecular weight excluding hydrogens is 274 g/mol. The van der Waals surface area contributed by atoms with E-state index in [2.05, 4.69) is 20.3 Å². The number of fused-ring (bicyclic) bond motifs is 1. The lowest BCUT2D eigenvalue weighted by Crippen LogP contribution is -2.01. The van der Waals surface area contributed by atoms with Crippen LogP contribution in [-0.2, 0) is 0 Å². The molecule has 3 N–H and O–H groups in total. The van der Waals surface area contributed by atoms with E-state index in [1.165, 1.54) is 6.33 Å². The zero-order valence-corrected chi connectivity index (χ0v) is 11.5. The number of rotatable bonds is 2. The van der Waals surface area contributed by atoms with Gasteiger partial charge in [0.2, 0.25) is 0 Å². The fourth-order valence-electron chi connectivity index (χ4n) is 1.97. The maximum absolute atomic E-state index is 5.89. The molecule has 5 nitrogen and oxygen atoms in total. The second-order valence-corrected chi connectivity index (χ2v) is 4.73. The number of anilines is 3. The van der Waals surface area contributed by atoms with Gasteiger partial charge in [0, 0.05) is 16.8 Å². The largest absolute Gasteiger partial charge is 0.393 e. The number of aromatic nitrogens is 3. The first-order chi connectivity index (χ1) is 9.65. The third-order valence-electron chi connectivity index (χ3n) is 2.96. The molecule has 0 atom stereocenters. The van der Waals surface area contributed by atoms with E-state index in [9.17, 15) is 0 Å². The van der Waals surface area contributed by atoms with E-state index in [4.69, 9.17) is 17.3 Å². The number of halogens is 1. The van der Waals surface area contributed by atoms with E-state index < -0.39 is 0 Å². The quantitative estimate of drug-likeness (QED) is 0.706. The Hall–Kier alpha value is -2.40. The van der Waals surface area contributed by atoms with Crippen molar-refractivity contribution in [2.75, 3.05) is 11.1 Å². The van der Waals surface area contributed by atoms with E-state index in [1.54, 1.807) is 0 Å². The molecule has 3 rings (SSSR count). The Labute approximate surface area is 120 Å². The highest BCUT2D eigenvalue weighted by molar-refractivity contribution is 6.32. The van der Waals surface area contributed by atoms with Crippen LogP contribution in [0.15, 0.2) is 36.7 Å². The molecule has 0 saturated heterocycles. The van der Waals surface area contributed by atoms with Gasteiger partial charge < -0.3 is 11.1 Å². The highest BCUT2D eigenvalue weighted by Gasteiger charge is 2.08. The molecule has 2 aromatic heterocycles. The summed E-state index contributed by atoms with van der Waals surface area (Å²) >= 11 is 5.89. The van der Waals surface area contributed by atoms with Crippen molar-refractivity contribution in [1.82, 2.24) is 15.0 Å².